The van der Waals surface area contributed by atoms with Gasteiger partial charge >= 0.3 is 5.97 Å². The number of carbonyl (C=O) groups excluding carboxylic acids is 2. The molecule has 1 heterocycles. The predicted molar refractivity (Wildman–Crippen MR) is 100 cm³/mol. The lowest BCUT2D eigenvalue weighted by Gasteiger charge is -2.25. The third-order valence-corrected chi connectivity index (χ3v) is 3.98. The van der Waals surface area contributed by atoms with Crippen LogP contribution in [-0.4, -0.2) is 27.4 Å². The third-order valence-electron chi connectivity index (χ3n) is 3.98. The highest BCUT2D eigenvalue weighted by Crippen LogP contribution is 2.30. The van der Waals surface area contributed by atoms with E-state index in [0.29, 0.717) is 22.2 Å². The van der Waals surface area contributed by atoms with Crippen LogP contribution in [0.15, 0.2) is 24.3 Å². The number of hydrogen-bond acceptors (Lipinski definition) is 6. The van der Waals surface area contributed by atoms with Crippen LogP contribution in [0.3, 0.4) is 0 Å². The number of primary amides is 1. The Morgan fingerprint density at radius 1 is 1.30 bits per heavy atom. The van der Waals surface area contributed by atoms with E-state index < -0.39 is 28.3 Å². The van der Waals surface area contributed by atoms with Crippen molar-refractivity contribution in [2.45, 2.75) is 52.1 Å². The van der Waals surface area contributed by atoms with E-state index in [9.17, 15) is 19.7 Å². The van der Waals surface area contributed by atoms with Gasteiger partial charge in [0.25, 0.3) is 5.69 Å². The molecule has 0 saturated heterocycles. The molecule has 0 aliphatic rings. The molecule has 27 heavy (non-hydrogen) atoms. The van der Waals surface area contributed by atoms with Crippen LogP contribution in [-0.2, 0) is 14.3 Å². The molecule has 2 N–H and O–H groups in total. The monoisotopic (exact) mass is 373 g/mol. The van der Waals surface area contributed by atoms with E-state index in [1.807, 2.05) is 0 Å². The van der Waals surface area contributed by atoms with E-state index >= 15 is 0 Å². The molecule has 8 heteroatoms. The van der Waals surface area contributed by atoms with Crippen LogP contribution in [0, 0.1) is 17.0 Å². The van der Waals surface area contributed by atoms with Crippen molar-refractivity contribution in [2.75, 3.05) is 0 Å². The van der Waals surface area contributed by atoms with Gasteiger partial charge in [-0.2, -0.15) is 0 Å². The number of pyridine rings is 1. The largest absolute Gasteiger partial charge is 0.459 e. The van der Waals surface area contributed by atoms with E-state index in [0.717, 1.165) is 0 Å². The Morgan fingerprint density at radius 2 is 1.96 bits per heavy atom. The van der Waals surface area contributed by atoms with Gasteiger partial charge in [-0.1, -0.05) is 0 Å². The second kappa shape index (κ2) is 7.69. The molecule has 0 aliphatic carbocycles. The number of amides is 1. The zero-order valence-corrected chi connectivity index (χ0v) is 15.8. The maximum atomic E-state index is 12.7. The molecule has 0 radical (unpaired) electrons. The number of nitro groups is 1. The molecule has 1 amide bonds. The molecule has 0 saturated carbocycles. The van der Waals surface area contributed by atoms with Gasteiger partial charge in [-0.05, 0) is 51.8 Å². The highest BCUT2D eigenvalue weighted by molar-refractivity contribution is 5.86. The van der Waals surface area contributed by atoms with E-state index in [1.54, 1.807) is 39.8 Å². The number of carbonyl (C=O) groups is 2. The average Bonchev–Trinajstić information content (AvgIpc) is 2.52. The summed E-state index contributed by atoms with van der Waals surface area (Å²) in [5.74, 6) is -1.75. The van der Waals surface area contributed by atoms with Gasteiger partial charge in [0.1, 0.15) is 5.60 Å². The van der Waals surface area contributed by atoms with Gasteiger partial charge in [-0.25, -0.2) is 0 Å². The number of hydrogen-bond donors (Lipinski definition) is 1. The molecule has 2 aromatic rings. The van der Waals surface area contributed by atoms with Gasteiger partial charge in [0.2, 0.25) is 5.91 Å². The Morgan fingerprint density at radius 3 is 2.52 bits per heavy atom. The van der Waals surface area contributed by atoms with Crippen molar-refractivity contribution in [3.63, 3.8) is 0 Å². The average molecular weight is 373 g/mol. The fourth-order valence-corrected chi connectivity index (χ4v) is 2.80. The quantitative estimate of drug-likeness (QED) is 0.471. The molecule has 144 valence electrons. The van der Waals surface area contributed by atoms with Crippen molar-refractivity contribution >= 4 is 28.5 Å². The molecule has 8 nitrogen and oxygen atoms in total. The SMILES string of the molecule is Cc1nc2ccc([N+](=O)[O-])cc2cc1C(CCC(N)=O)C(=O)OC(C)(C)C. The lowest BCUT2D eigenvalue weighted by Crippen LogP contribution is -2.29. The molecule has 0 fully saturated rings. The Kier molecular flexibility index (Phi) is 5.78. The summed E-state index contributed by atoms with van der Waals surface area (Å²) >= 11 is 0. The van der Waals surface area contributed by atoms with E-state index in [-0.39, 0.29) is 18.5 Å². The number of nitrogens with zero attached hydrogens (tertiary/aromatic N) is 2. The van der Waals surface area contributed by atoms with Gasteiger partial charge < -0.3 is 10.5 Å². The number of esters is 1. The van der Waals surface area contributed by atoms with Crippen LogP contribution < -0.4 is 5.73 Å². The first kappa shape index (κ1) is 20.3. The van der Waals surface area contributed by atoms with Gasteiger partial charge in [-0.15, -0.1) is 0 Å². The predicted octanol–water partition coefficient (Wildman–Crippen LogP) is 3.14. The second-order valence-corrected chi connectivity index (χ2v) is 7.39. The lowest BCUT2D eigenvalue weighted by atomic mass is 9.91. The molecule has 1 unspecified atom stereocenters. The molecule has 0 spiro atoms. The number of ether oxygens (including phenoxy) is 1. The van der Waals surface area contributed by atoms with Crippen LogP contribution in [0.1, 0.15) is 50.8 Å². The van der Waals surface area contributed by atoms with Crippen LogP contribution in [0.5, 0.6) is 0 Å². The highest BCUT2D eigenvalue weighted by atomic mass is 16.6. The van der Waals surface area contributed by atoms with Gasteiger partial charge in [0, 0.05) is 29.6 Å². The number of nitrogens with two attached hydrogens (primary N) is 1. The summed E-state index contributed by atoms with van der Waals surface area (Å²) in [5.41, 5.74) is 6.23. The first-order valence-corrected chi connectivity index (χ1v) is 8.55. The van der Waals surface area contributed by atoms with Crippen molar-refractivity contribution < 1.29 is 19.2 Å². The fraction of sp³-hybridized carbons (Fsp3) is 0.421. The summed E-state index contributed by atoms with van der Waals surface area (Å²) in [6, 6.07) is 6.05. The third kappa shape index (κ3) is 5.22. The van der Waals surface area contributed by atoms with Crippen LogP contribution >= 0.6 is 0 Å². The Bertz CT molecular complexity index is 902. The summed E-state index contributed by atoms with van der Waals surface area (Å²) in [7, 11) is 0. The number of non-ortho nitro benzene ring substituents is 1. The zero-order valence-electron chi connectivity index (χ0n) is 15.8. The Balaban J connectivity index is 2.53. The number of aromatic nitrogens is 1. The van der Waals surface area contributed by atoms with E-state index in [4.69, 9.17) is 10.5 Å². The van der Waals surface area contributed by atoms with Gasteiger partial charge in [0.05, 0.1) is 16.4 Å². The topological polar surface area (TPSA) is 125 Å². The molecule has 1 aromatic carbocycles. The van der Waals surface area contributed by atoms with Crippen LogP contribution in [0.2, 0.25) is 0 Å². The van der Waals surface area contributed by atoms with E-state index in [2.05, 4.69) is 4.98 Å². The second-order valence-electron chi connectivity index (χ2n) is 7.39. The normalized spacial score (nSPS) is 12.6. The molecule has 0 aliphatic heterocycles. The molecule has 1 atom stereocenters. The van der Waals surface area contributed by atoms with Crippen molar-refractivity contribution in [1.82, 2.24) is 4.98 Å². The summed E-state index contributed by atoms with van der Waals surface area (Å²) < 4.78 is 5.49. The molecule has 2 rings (SSSR count). The van der Waals surface area contributed by atoms with Crippen molar-refractivity contribution in [3.05, 3.63) is 45.6 Å². The Hall–Kier alpha value is -3.03. The van der Waals surface area contributed by atoms with Gasteiger partial charge in [-0.3, -0.25) is 24.7 Å². The first-order chi connectivity index (χ1) is 12.5. The first-order valence-electron chi connectivity index (χ1n) is 8.55. The highest BCUT2D eigenvalue weighted by Gasteiger charge is 2.29. The van der Waals surface area contributed by atoms with Crippen LogP contribution in [0.4, 0.5) is 5.69 Å². The maximum Gasteiger partial charge on any atom is 0.314 e. The fourth-order valence-electron chi connectivity index (χ4n) is 2.80. The molecule has 1 aromatic heterocycles. The summed E-state index contributed by atoms with van der Waals surface area (Å²) in [5, 5.41) is 11.6. The minimum atomic E-state index is -0.743. The van der Waals surface area contributed by atoms with Crippen molar-refractivity contribution in [3.8, 4) is 0 Å². The smallest absolute Gasteiger partial charge is 0.314 e. The molecule has 0 bridgehead atoms. The van der Waals surface area contributed by atoms with Crippen molar-refractivity contribution in [1.29, 1.82) is 0 Å². The number of nitro benzene ring substituents is 1. The summed E-state index contributed by atoms with van der Waals surface area (Å²) in [6.45, 7) is 7.01. The maximum absolute atomic E-state index is 12.7. The standard InChI is InChI=1S/C19H23N3O5/c1-11-15(10-12-9-13(22(25)26)5-7-16(12)21-11)14(6-8-17(20)23)18(24)27-19(2,3)4/h5,7,9-10,14H,6,8H2,1-4H3,(H2,20,23). The summed E-state index contributed by atoms with van der Waals surface area (Å²) in [4.78, 5) is 39.0. The van der Waals surface area contributed by atoms with Gasteiger partial charge in [0.15, 0.2) is 0 Å². The summed E-state index contributed by atoms with van der Waals surface area (Å²) in [6.07, 6.45) is 0.184. The zero-order chi connectivity index (χ0) is 20.4. The molecular weight excluding hydrogens is 350 g/mol. The number of rotatable bonds is 6. The minimum Gasteiger partial charge on any atom is -0.459 e. The number of aryl methyl sites for hydroxylation is 1. The minimum absolute atomic E-state index is 0.0102. The lowest BCUT2D eigenvalue weighted by molar-refractivity contribution is -0.384. The number of fused-ring (bicyclic) bond motifs is 1. The molecular formula is C19H23N3O5. The van der Waals surface area contributed by atoms with Crippen molar-refractivity contribution in [2.24, 2.45) is 5.73 Å². The van der Waals surface area contributed by atoms with Crippen LogP contribution in [0.25, 0.3) is 10.9 Å². The number of benzene rings is 1. The van der Waals surface area contributed by atoms with E-state index in [1.165, 1.54) is 12.1 Å². The Labute approximate surface area is 156 Å².